The molecule has 0 atom stereocenters. The minimum absolute atomic E-state index is 0.676. The summed E-state index contributed by atoms with van der Waals surface area (Å²) in [6.45, 7) is 3.81. The third kappa shape index (κ3) is 0.888. The van der Waals surface area contributed by atoms with Gasteiger partial charge in [-0.1, -0.05) is 0 Å². The maximum Gasteiger partial charge on any atom is 0.229 e. The van der Waals surface area contributed by atoms with Crippen LogP contribution in [-0.2, 0) is 0 Å². The van der Waals surface area contributed by atoms with Crippen molar-refractivity contribution in [2.75, 3.05) is 0 Å². The van der Waals surface area contributed by atoms with Gasteiger partial charge >= 0.3 is 0 Å². The number of nitrogens with zero attached hydrogens (tertiary/aromatic N) is 2. The van der Waals surface area contributed by atoms with Gasteiger partial charge in [-0.2, -0.15) is 4.98 Å². The molecule has 0 aliphatic rings. The lowest BCUT2D eigenvalue weighted by Crippen LogP contribution is -1.89. The summed E-state index contributed by atoms with van der Waals surface area (Å²) in [4.78, 5) is 8.32. The lowest BCUT2D eigenvalue weighted by atomic mass is 10.3. The van der Waals surface area contributed by atoms with Crippen LogP contribution < -0.4 is 0 Å². The standard InChI is InChI=1S/C8H8N2O/c1-5-7-3-4-11-8(7)10-6(2)9-5/h3-4H,1-2H3. The molecule has 56 valence electrons. The molecule has 2 aromatic heterocycles. The maximum absolute atomic E-state index is 5.13. The second-order valence-corrected chi connectivity index (χ2v) is 2.50. The molecule has 0 saturated heterocycles. The molecule has 0 amide bonds. The Morgan fingerprint density at radius 2 is 2.09 bits per heavy atom. The Hall–Kier alpha value is -1.38. The van der Waals surface area contributed by atoms with Crippen LogP contribution in [0.5, 0.6) is 0 Å². The van der Waals surface area contributed by atoms with Crippen LogP contribution in [-0.4, -0.2) is 9.97 Å². The lowest BCUT2D eigenvalue weighted by Gasteiger charge is -1.94. The fourth-order valence-electron chi connectivity index (χ4n) is 1.14. The summed E-state index contributed by atoms with van der Waals surface area (Å²) in [6, 6.07) is 1.88. The van der Waals surface area contributed by atoms with Gasteiger partial charge in [-0.3, -0.25) is 0 Å². The van der Waals surface area contributed by atoms with E-state index < -0.39 is 0 Å². The normalized spacial score (nSPS) is 10.7. The molecule has 0 aliphatic carbocycles. The zero-order chi connectivity index (χ0) is 7.84. The van der Waals surface area contributed by atoms with Gasteiger partial charge in [0.15, 0.2) is 0 Å². The Morgan fingerprint density at radius 3 is 2.91 bits per heavy atom. The molecule has 0 bridgehead atoms. The van der Waals surface area contributed by atoms with Crippen molar-refractivity contribution in [1.82, 2.24) is 9.97 Å². The number of hydrogen-bond acceptors (Lipinski definition) is 3. The number of rotatable bonds is 0. The number of furan rings is 1. The predicted octanol–water partition coefficient (Wildman–Crippen LogP) is 1.84. The molecular formula is C8H8N2O. The van der Waals surface area contributed by atoms with Crippen LogP contribution in [0.4, 0.5) is 0 Å². The van der Waals surface area contributed by atoms with Gasteiger partial charge in [-0.05, 0) is 19.9 Å². The predicted molar refractivity (Wildman–Crippen MR) is 41.3 cm³/mol. The van der Waals surface area contributed by atoms with Crippen molar-refractivity contribution in [1.29, 1.82) is 0 Å². The topological polar surface area (TPSA) is 38.9 Å². The highest BCUT2D eigenvalue weighted by atomic mass is 16.3. The van der Waals surface area contributed by atoms with Crippen LogP contribution >= 0.6 is 0 Å². The molecule has 0 aliphatic heterocycles. The van der Waals surface area contributed by atoms with Crippen molar-refractivity contribution in [2.45, 2.75) is 13.8 Å². The molecule has 0 saturated carbocycles. The van der Waals surface area contributed by atoms with Crippen molar-refractivity contribution < 1.29 is 4.42 Å². The van der Waals surface area contributed by atoms with Crippen LogP contribution in [0.2, 0.25) is 0 Å². The van der Waals surface area contributed by atoms with E-state index in [1.807, 2.05) is 19.9 Å². The summed E-state index contributed by atoms with van der Waals surface area (Å²) < 4.78 is 5.13. The minimum atomic E-state index is 0.676. The molecule has 0 radical (unpaired) electrons. The monoisotopic (exact) mass is 148 g/mol. The molecule has 2 aromatic rings. The summed E-state index contributed by atoms with van der Waals surface area (Å²) in [6.07, 6.45) is 1.63. The van der Waals surface area contributed by atoms with E-state index in [0.29, 0.717) is 5.71 Å². The van der Waals surface area contributed by atoms with Crippen molar-refractivity contribution >= 4 is 11.1 Å². The molecular weight excluding hydrogens is 140 g/mol. The average Bonchev–Trinajstić information content (AvgIpc) is 2.34. The first-order valence-corrected chi connectivity index (χ1v) is 3.46. The van der Waals surface area contributed by atoms with Crippen LogP contribution in [0.15, 0.2) is 16.7 Å². The van der Waals surface area contributed by atoms with E-state index in [1.165, 1.54) is 0 Å². The summed E-state index contributed by atoms with van der Waals surface area (Å²) in [7, 11) is 0. The van der Waals surface area contributed by atoms with Crippen molar-refractivity contribution in [3.05, 3.63) is 23.8 Å². The first-order valence-electron chi connectivity index (χ1n) is 3.46. The number of fused-ring (bicyclic) bond motifs is 1. The lowest BCUT2D eigenvalue weighted by molar-refractivity contribution is 0.600. The molecule has 3 heteroatoms. The van der Waals surface area contributed by atoms with Crippen LogP contribution in [0.3, 0.4) is 0 Å². The Balaban J connectivity index is 2.91. The minimum Gasteiger partial charge on any atom is -0.446 e. The number of aryl methyl sites for hydroxylation is 2. The number of aromatic nitrogens is 2. The van der Waals surface area contributed by atoms with Gasteiger partial charge in [-0.15, -0.1) is 0 Å². The highest BCUT2D eigenvalue weighted by Crippen LogP contribution is 2.15. The van der Waals surface area contributed by atoms with Crippen LogP contribution in [0.25, 0.3) is 11.1 Å². The van der Waals surface area contributed by atoms with Crippen molar-refractivity contribution in [3.63, 3.8) is 0 Å². The third-order valence-electron chi connectivity index (χ3n) is 1.63. The third-order valence-corrected chi connectivity index (χ3v) is 1.63. The van der Waals surface area contributed by atoms with E-state index >= 15 is 0 Å². The molecule has 0 N–H and O–H groups in total. The SMILES string of the molecule is Cc1nc(C)c2ccoc2n1. The van der Waals surface area contributed by atoms with Gasteiger partial charge in [0, 0.05) is 0 Å². The first kappa shape index (κ1) is 6.34. The largest absolute Gasteiger partial charge is 0.446 e. The highest BCUT2D eigenvalue weighted by Gasteiger charge is 2.02. The average molecular weight is 148 g/mol. The molecule has 0 unspecified atom stereocenters. The molecule has 0 fully saturated rings. The van der Waals surface area contributed by atoms with Gasteiger partial charge in [0.2, 0.25) is 5.71 Å². The van der Waals surface area contributed by atoms with Crippen molar-refractivity contribution in [3.8, 4) is 0 Å². The number of hydrogen-bond donors (Lipinski definition) is 0. The molecule has 0 aromatic carbocycles. The van der Waals surface area contributed by atoms with Gasteiger partial charge in [0.05, 0.1) is 17.3 Å². The van der Waals surface area contributed by atoms with Gasteiger partial charge in [0.25, 0.3) is 0 Å². The van der Waals surface area contributed by atoms with Gasteiger partial charge in [-0.25, -0.2) is 4.98 Å². The Morgan fingerprint density at radius 1 is 1.27 bits per heavy atom. The van der Waals surface area contributed by atoms with E-state index in [9.17, 15) is 0 Å². The molecule has 2 rings (SSSR count). The van der Waals surface area contributed by atoms with Gasteiger partial charge < -0.3 is 4.42 Å². The summed E-state index contributed by atoms with van der Waals surface area (Å²) in [5.74, 6) is 0.755. The zero-order valence-electron chi connectivity index (χ0n) is 6.46. The Bertz CT molecular complexity index is 392. The van der Waals surface area contributed by atoms with Crippen LogP contribution in [0, 0.1) is 13.8 Å². The summed E-state index contributed by atoms with van der Waals surface area (Å²) in [5.41, 5.74) is 1.65. The quantitative estimate of drug-likeness (QED) is 0.572. The highest BCUT2D eigenvalue weighted by molar-refractivity contribution is 5.75. The van der Waals surface area contributed by atoms with E-state index in [0.717, 1.165) is 16.9 Å². The molecule has 2 heterocycles. The Kier molecular flexibility index (Phi) is 1.18. The van der Waals surface area contributed by atoms with Crippen LogP contribution in [0.1, 0.15) is 11.5 Å². The maximum atomic E-state index is 5.13. The van der Waals surface area contributed by atoms with E-state index in [2.05, 4.69) is 9.97 Å². The summed E-state index contributed by atoms with van der Waals surface area (Å²) in [5, 5.41) is 0.996. The van der Waals surface area contributed by atoms with E-state index in [1.54, 1.807) is 6.26 Å². The zero-order valence-corrected chi connectivity index (χ0v) is 6.46. The fraction of sp³-hybridized carbons (Fsp3) is 0.250. The van der Waals surface area contributed by atoms with E-state index in [4.69, 9.17) is 4.42 Å². The second-order valence-electron chi connectivity index (χ2n) is 2.50. The van der Waals surface area contributed by atoms with E-state index in [-0.39, 0.29) is 0 Å². The van der Waals surface area contributed by atoms with Crippen molar-refractivity contribution in [2.24, 2.45) is 0 Å². The first-order chi connectivity index (χ1) is 5.27. The molecule has 3 nitrogen and oxygen atoms in total. The van der Waals surface area contributed by atoms with Gasteiger partial charge in [0.1, 0.15) is 5.82 Å². The second kappa shape index (κ2) is 2.05. The summed E-state index contributed by atoms with van der Waals surface area (Å²) >= 11 is 0. The molecule has 11 heavy (non-hydrogen) atoms. The Labute approximate surface area is 64.1 Å². The fourth-order valence-corrected chi connectivity index (χ4v) is 1.14. The smallest absolute Gasteiger partial charge is 0.229 e. The molecule has 0 spiro atoms.